The molecule has 4 heavy (non-hydrogen) atoms. The molecule has 35 valence electrons. The van der Waals surface area contributed by atoms with Crippen molar-refractivity contribution in [1.29, 1.82) is 0 Å². The summed E-state index contributed by atoms with van der Waals surface area (Å²) in [4.78, 5) is 0. The predicted octanol–water partition coefficient (Wildman–Crippen LogP) is -1.19. The van der Waals surface area contributed by atoms with E-state index in [1.807, 2.05) is 0 Å². The van der Waals surface area contributed by atoms with Crippen molar-refractivity contribution in [2.45, 2.75) is 0 Å². The standard InChI is InChI=1S/Cu.Mn.Ni.H3Si/h;;;1H3. The first-order chi connectivity index (χ1) is 0. The first kappa shape index (κ1) is 42.4. The Labute approximate surface area is 61.4 Å². The summed E-state index contributed by atoms with van der Waals surface area (Å²) in [6, 6.07) is 0. The smallest absolute Gasteiger partial charge is 0 e. The molecule has 0 unspecified atom stereocenters. The zero-order valence-electron chi connectivity index (χ0n) is 2.00. The molecule has 0 aromatic carbocycles. The molecular formula is H3CuMnNiSi. The van der Waals surface area contributed by atoms with E-state index in [1.165, 1.54) is 0 Å². The molecule has 0 heterocycles. The Kier molecular flexibility index (Phi) is 231. The zero-order valence-corrected chi connectivity index (χ0v) is 7.11. The van der Waals surface area contributed by atoms with E-state index >= 15 is 0 Å². The third-order valence-corrected chi connectivity index (χ3v) is 0. The van der Waals surface area contributed by atoms with E-state index in [0.29, 0.717) is 0 Å². The quantitative estimate of drug-likeness (QED) is 0.439. The molecule has 0 rings (SSSR count). The van der Waals surface area contributed by atoms with Gasteiger partial charge in [0.05, 0.1) is 0 Å². The van der Waals surface area contributed by atoms with E-state index in [-0.39, 0.29) is 61.6 Å². The van der Waals surface area contributed by atoms with Crippen LogP contribution in [0.4, 0.5) is 0 Å². The van der Waals surface area contributed by atoms with Gasteiger partial charge in [-0.15, -0.1) is 0 Å². The van der Waals surface area contributed by atoms with E-state index in [4.69, 9.17) is 0 Å². The van der Waals surface area contributed by atoms with Gasteiger partial charge in [-0.25, -0.2) is 0 Å². The van der Waals surface area contributed by atoms with Gasteiger partial charge in [0, 0.05) is 50.6 Å². The van der Waals surface area contributed by atoms with Gasteiger partial charge in [-0.05, 0) is 11.0 Å². The van der Waals surface area contributed by atoms with Crippen LogP contribution >= 0.6 is 0 Å². The first-order valence-electron chi connectivity index (χ1n) is 0. The van der Waals surface area contributed by atoms with Crippen molar-refractivity contribution >= 4 is 11.0 Å². The molecule has 0 saturated carbocycles. The Morgan fingerprint density at radius 3 is 1.00 bits per heavy atom. The fraction of sp³-hybridized carbons (Fsp3) is 0. The van der Waals surface area contributed by atoms with Crippen LogP contribution in [-0.4, -0.2) is 11.0 Å². The van der Waals surface area contributed by atoms with Crippen molar-refractivity contribution in [2.75, 3.05) is 0 Å². The minimum absolute atomic E-state index is 0. The van der Waals surface area contributed by atoms with Crippen LogP contribution in [0.5, 0.6) is 0 Å². The summed E-state index contributed by atoms with van der Waals surface area (Å²) in [5.41, 5.74) is 0. The maximum absolute atomic E-state index is 0. The Morgan fingerprint density at radius 1 is 1.00 bits per heavy atom. The summed E-state index contributed by atoms with van der Waals surface area (Å²) in [6.07, 6.45) is 0. The summed E-state index contributed by atoms with van der Waals surface area (Å²) >= 11 is 0. The number of rotatable bonds is 0. The maximum atomic E-state index is 0. The van der Waals surface area contributed by atoms with Crippen LogP contribution in [0.25, 0.3) is 0 Å². The number of hydrogen-bond acceptors (Lipinski definition) is 0. The maximum Gasteiger partial charge on any atom is 0 e. The Bertz CT molecular complexity index is 8.00. The molecule has 0 spiro atoms. The molecule has 0 aliphatic heterocycles. The molecule has 0 bridgehead atoms. The summed E-state index contributed by atoms with van der Waals surface area (Å²) in [5, 5.41) is 0. The van der Waals surface area contributed by atoms with E-state index in [2.05, 4.69) is 0 Å². The van der Waals surface area contributed by atoms with Gasteiger partial charge in [-0.1, -0.05) is 0 Å². The fourth-order valence-corrected chi connectivity index (χ4v) is 0. The second kappa shape index (κ2) is 21.8. The molecule has 0 aliphatic rings. The predicted molar refractivity (Wildman–Crippen MR) is 9.94 cm³/mol. The SMILES string of the molecule is [Cu].[Mn].[Ni].[SiH3]. The van der Waals surface area contributed by atoms with Crippen LogP contribution in [-0.2, 0) is 50.6 Å². The average molecular weight is 208 g/mol. The van der Waals surface area contributed by atoms with Crippen molar-refractivity contribution in [1.82, 2.24) is 0 Å². The van der Waals surface area contributed by atoms with Crippen molar-refractivity contribution in [3.8, 4) is 0 Å². The Morgan fingerprint density at radius 2 is 1.00 bits per heavy atom. The van der Waals surface area contributed by atoms with Crippen LogP contribution in [0.3, 0.4) is 0 Å². The van der Waals surface area contributed by atoms with Crippen molar-refractivity contribution < 1.29 is 50.6 Å². The van der Waals surface area contributed by atoms with Crippen molar-refractivity contribution in [3.05, 3.63) is 0 Å². The summed E-state index contributed by atoms with van der Waals surface area (Å²) in [6.45, 7) is 0. The molecular weight excluding hydrogens is 205 g/mol. The molecule has 0 amide bonds. The van der Waals surface area contributed by atoms with Crippen LogP contribution in [0, 0.1) is 0 Å². The molecule has 0 atom stereocenters. The van der Waals surface area contributed by atoms with Crippen molar-refractivity contribution in [3.63, 3.8) is 0 Å². The van der Waals surface area contributed by atoms with E-state index in [1.54, 1.807) is 0 Å². The van der Waals surface area contributed by atoms with E-state index in [9.17, 15) is 0 Å². The van der Waals surface area contributed by atoms with Crippen LogP contribution in [0.2, 0.25) is 0 Å². The van der Waals surface area contributed by atoms with Gasteiger partial charge < -0.3 is 0 Å². The van der Waals surface area contributed by atoms with Crippen molar-refractivity contribution in [2.24, 2.45) is 0 Å². The normalized spacial score (nSPS) is 0. The summed E-state index contributed by atoms with van der Waals surface area (Å²) in [7, 11) is 0. The molecule has 3 radical (unpaired) electrons. The summed E-state index contributed by atoms with van der Waals surface area (Å²) in [5.74, 6) is 0. The minimum atomic E-state index is 0. The second-order valence-electron chi connectivity index (χ2n) is 0. The monoisotopic (exact) mass is 207 g/mol. The van der Waals surface area contributed by atoms with E-state index < -0.39 is 0 Å². The zero-order chi connectivity index (χ0) is 0. The van der Waals surface area contributed by atoms with Gasteiger partial charge in [0.25, 0.3) is 0 Å². The molecule has 0 N–H and O–H groups in total. The molecule has 0 fully saturated rings. The van der Waals surface area contributed by atoms with Gasteiger partial charge in [0.1, 0.15) is 0 Å². The van der Waals surface area contributed by atoms with Gasteiger partial charge in [0.2, 0.25) is 0 Å². The van der Waals surface area contributed by atoms with Gasteiger partial charge in [0.15, 0.2) is 0 Å². The average Bonchev–Trinajstić information content (AvgIpc) is 0. The van der Waals surface area contributed by atoms with Crippen LogP contribution in [0.15, 0.2) is 0 Å². The topological polar surface area (TPSA) is 0 Å². The van der Waals surface area contributed by atoms with Gasteiger partial charge >= 0.3 is 0 Å². The molecule has 4 heteroatoms. The molecule has 0 aromatic rings. The molecule has 0 nitrogen and oxygen atoms in total. The van der Waals surface area contributed by atoms with Gasteiger partial charge in [-0.3, -0.25) is 0 Å². The minimum Gasteiger partial charge on any atom is -0.0125 e. The molecule has 0 aliphatic carbocycles. The third-order valence-electron chi connectivity index (χ3n) is 0. The molecule has 0 aromatic heterocycles. The molecule has 0 saturated heterocycles. The largest absolute Gasteiger partial charge is 0.0125 e. The third kappa shape index (κ3) is 9.26. The number of hydrogen-bond donors (Lipinski definition) is 0. The Hall–Kier alpha value is 1.75. The van der Waals surface area contributed by atoms with E-state index in [0.717, 1.165) is 0 Å². The fourth-order valence-electron chi connectivity index (χ4n) is 0. The van der Waals surface area contributed by atoms with Crippen LogP contribution in [0.1, 0.15) is 0 Å². The van der Waals surface area contributed by atoms with Gasteiger partial charge in [-0.2, -0.15) is 0 Å². The van der Waals surface area contributed by atoms with Crippen LogP contribution < -0.4 is 0 Å². The second-order valence-corrected chi connectivity index (χ2v) is 0. The first-order valence-corrected chi connectivity index (χ1v) is 0. The summed E-state index contributed by atoms with van der Waals surface area (Å²) < 4.78 is 0. The Balaban J connectivity index is 0.